The zero-order chi connectivity index (χ0) is 18.6. The molecular formula is C20H24ClN5OS. The molecule has 0 spiro atoms. The van der Waals surface area contributed by atoms with E-state index in [0.29, 0.717) is 5.69 Å². The van der Waals surface area contributed by atoms with Crippen LogP contribution in [-0.2, 0) is 0 Å². The minimum absolute atomic E-state index is 0. The first-order chi connectivity index (χ1) is 13.3. The molecule has 0 aliphatic carbocycles. The van der Waals surface area contributed by atoms with Crippen LogP contribution in [0.5, 0.6) is 0 Å². The van der Waals surface area contributed by atoms with Gasteiger partial charge in [0.2, 0.25) is 0 Å². The van der Waals surface area contributed by atoms with Gasteiger partial charge in [0.05, 0.1) is 11.9 Å². The lowest BCUT2D eigenvalue weighted by Gasteiger charge is -2.27. The molecule has 6 nitrogen and oxygen atoms in total. The highest BCUT2D eigenvalue weighted by atomic mass is 35.5. The Bertz CT molecular complexity index is 904. The van der Waals surface area contributed by atoms with E-state index in [1.807, 2.05) is 51.5 Å². The van der Waals surface area contributed by atoms with Crippen LogP contribution in [0.15, 0.2) is 48.1 Å². The number of carbonyl (C=O) groups excluding carboxylic acids is 1. The van der Waals surface area contributed by atoms with Crippen molar-refractivity contribution in [2.24, 2.45) is 0 Å². The van der Waals surface area contributed by atoms with Crippen LogP contribution in [0.2, 0.25) is 0 Å². The molecular weight excluding hydrogens is 394 g/mol. The van der Waals surface area contributed by atoms with Crippen molar-refractivity contribution in [2.45, 2.75) is 25.8 Å². The second-order valence-electron chi connectivity index (χ2n) is 6.69. The molecule has 148 valence electrons. The van der Waals surface area contributed by atoms with Crippen molar-refractivity contribution in [1.82, 2.24) is 25.0 Å². The molecule has 3 aromatic rings. The molecule has 1 aliphatic heterocycles. The number of thiazole rings is 1. The molecule has 1 aromatic carbocycles. The molecule has 1 atom stereocenters. The molecule has 0 bridgehead atoms. The van der Waals surface area contributed by atoms with E-state index in [-0.39, 0.29) is 24.4 Å². The summed E-state index contributed by atoms with van der Waals surface area (Å²) in [6.45, 7) is 4.71. The van der Waals surface area contributed by atoms with Crippen molar-refractivity contribution in [3.8, 4) is 16.3 Å². The molecule has 8 heteroatoms. The average molecular weight is 418 g/mol. The summed E-state index contributed by atoms with van der Waals surface area (Å²) < 4.78 is 1.83. The summed E-state index contributed by atoms with van der Waals surface area (Å²) in [7, 11) is 0. The maximum Gasteiger partial charge on any atom is 0.273 e. The van der Waals surface area contributed by atoms with Gasteiger partial charge in [-0.2, -0.15) is 5.10 Å². The Morgan fingerprint density at radius 1 is 1.36 bits per heavy atom. The number of para-hydroxylation sites is 1. The van der Waals surface area contributed by atoms with Crippen molar-refractivity contribution in [3.05, 3.63) is 53.8 Å². The topological polar surface area (TPSA) is 63.1 Å². The highest BCUT2D eigenvalue weighted by Gasteiger charge is 2.28. The van der Waals surface area contributed by atoms with Crippen molar-refractivity contribution in [2.75, 3.05) is 19.6 Å². The largest absolute Gasteiger partial charge is 0.333 e. The number of hydrogen-bond donors (Lipinski definition) is 1. The smallest absolute Gasteiger partial charge is 0.273 e. The van der Waals surface area contributed by atoms with Crippen LogP contribution >= 0.6 is 23.7 Å². The van der Waals surface area contributed by atoms with Crippen molar-refractivity contribution >= 4 is 29.7 Å². The van der Waals surface area contributed by atoms with Gasteiger partial charge in [-0.15, -0.1) is 23.7 Å². The van der Waals surface area contributed by atoms with Gasteiger partial charge in [0.15, 0.2) is 0 Å². The number of aromatic nitrogens is 3. The number of carbonyl (C=O) groups is 1. The van der Waals surface area contributed by atoms with Crippen LogP contribution < -0.4 is 5.32 Å². The number of benzene rings is 1. The van der Waals surface area contributed by atoms with E-state index in [1.54, 1.807) is 6.20 Å². The number of nitrogens with one attached hydrogen (secondary N) is 1. The molecule has 0 saturated carbocycles. The van der Waals surface area contributed by atoms with E-state index in [1.165, 1.54) is 11.3 Å². The summed E-state index contributed by atoms with van der Waals surface area (Å²) in [6, 6.07) is 10.2. The van der Waals surface area contributed by atoms with Gasteiger partial charge in [0, 0.05) is 36.3 Å². The normalized spacial score (nSPS) is 16.0. The van der Waals surface area contributed by atoms with Crippen LogP contribution in [0.4, 0.5) is 0 Å². The Morgan fingerprint density at radius 2 is 2.18 bits per heavy atom. The van der Waals surface area contributed by atoms with Gasteiger partial charge in [0.25, 0.3) is 5.91 Å². The predicted octanol–water partition coefficient (Wildman–Crippen LogP) is 3.63. The first kappa shape index (κ1) is 20.5. The Morgan fingerprint density at radius 3 is 2.89 bits per heavy atom. The highest BCUT2D eigenvalue weighted by molar-refractivity contribution is 7.13. The molecule has 1 amide bonds. The van der Waals surface area contributed by atoms with Gasteiger partial charge in [0.1, 0.15) is 10.7 Å². The van der Waals surface area contributed by atoms with Crippen LogP contribution in [0.25, 0.3) is 16.3 Å². The molecule has 1 saturated heterocycles. The summed E-state index contributed by atoms with van der Waals surface area (Å²) >= 11 is 1.49. The quantitative estimate of drug-likeness (QED) is 0.665. The minimum Gasteiger partial charge on any atom is -0.333 e. The molecule has 1 aliphatic rings. The number of nitrogens with zero attached hydrogens (tertiary/aromatic N) is 4. The van der Waals surface area contributed by atoms with E-state index in [0.717, 1.165) is 48.7 Å². The Labute approximate surface area is 175 Å². The molecule has 2 aromatic heterocycles. The van der Waals surface area contributed by atoms with Crippen molar-refractivity contribution < 1.29 is 4.79 Å². The van der Waals surface area contributed by atoms with E-state index < -0.39 is 0 Å². The maximum atomic E-state index is 13.0. The van der Waals surface area contributed by atoms with Gasteiger partial charge in [-0.25, -0.2) is 9.67 Å². The Balaban J connectivity index is 0.00000225. The van der Waals surface area contributed by atoms with Gasteiger partial charge >= 0.3 is 0 Å². The van der Waals surface area contributed by atoms with Gasteiger partial charge in [-0.1, -0.05) is 25.1 Å². The summed E-state index contributed by atoms with van der Waals surface area (Å²) in [5.74, 6) is 0.0310. The monoisotopic (exact) mass is 417 g/mol. The highest BCUT2D eigenvalue weighted by Crippen LogP contribution is 2.25. The third-order valence-corrected chi connectivity index (χ3v) is 5.67. The molecule has 4 rings (SSSR count). The third kappa shape index (κ3) is 4.27. The fourth-order valence-corrected chi connectivity index (χ4v) is 4.17. The van der Waals surface area contributed by atoms with Crippen LogP contribution in [0, 0.1) is 0 Å². The fourth-order valence-electron chi connectivity index (χ4n) is 3.40. The van der Waals surface area contributed by atoms with Crippen LogP contribution in [-0.4, -0.2) is 51.2 Å². The fraction of sp³-hybridized carbons (Fsp3) is 0.350. The second kappa shape index (κ2) is 9.32. The van der Waals surface area contributed by atoms with E-state index >= 15 is 0 Å². The van der Waals surface area contributed by atoms with E-state index in [9.17, 15) is 4.79 Å². The number of hydrogen-bond acceptors (Lipinski definition) is 5. The second-order valence-corrected chi connectivity index (χ2v) is 7.55. The van der Waals surface area contributed by atoms with Crippen molar-refractivity contribution in [1.29, 1.82) is 0 Å². The van der Waals surface area contributed by atoms with Gasteiger partial charge in [-0.05, 0) is 31.5 Å². The molecule has 28 heavy (non-hydrogen) atoms. The van der Waals surface area contributed by atoms with E-state index in [4.69, 9.17) is 0 Å². The molecule has 0 unspecified atom stereocenters. The molecule has 0 radical (unpaired) electrons. The van der Waals surface area contributed by atoms with Crippen LogP contribution in [0.3, 0.4) is 0 Å². The number of halogens is 1. The standard InChI is InChI=1S/C20H23N5OS.ClH/c1-2-10-24(17-8-9-21-12-17)20(26)18-14-27-19(23-18)15-11-22-25(13-15)16-6-4-3-5-7-16;/h3-7,11,13-14,17,21H,2,8-10,12H2,1H3;1H/t17-;/m0./s1. The minimum atomic E-state index is 0. The predicted molar refractivity (Wildman–Crippen MR) is 115 cm³/mol. The first-order valence-corrected chi connectivity index (χ1v) is 10.2. The summed E-state index contributed by atoms with van der Waals surface area (Å²) in [6.07, 6.45) is 5.70. The zero-order valence-corrected chi connectivity index (χ0v) is 17.4. The molecule has 1 fully saturated rings. The number of rotatable bonds is 6. The number of amides is 1. The third-order valence-electron chi connectivity index (χ3n) is 4.77. The summed E-state index contributed by atoms with van der Waals surface area (Å²) in [5.41, 5.74) is 2.45. The molecule has 1 N–H and O–H groups in total. The zero-order valence-electron chi connectivity index (χ0n) is 15.7. The summed E-state index contributed by atoms with van der Waals surface area (Å²) in [5, 5.41) is 10.5. The van der Waals surface area contributed by atoms with Crippen LogP contribution in [0.1, 0.15) is 30.3 Å². The van der Waals surface area contributed by atoms with Crippen molar-refractivity contribution in [3.63, 3.8) is 0 Å². The first-order valence-electron chi connectivity index (χ1n) is 9.34. The summed E-state index contributed by atoms with van der Waals surface area (Å²) in [4.78, 5) is 19.6. The van der Waals surface area contributed by atoms with Gasteiger partial charge in [-0.3, -0.25) is 4.79 Å². The van der Waals surface area contributed by atoms with E-state index in [2.05, 4.69) is 22.3 Å². The lowest BCUT2D eigenvalue weighted by atomic mass is 10.2. The Kier molecular flexibility index (Phi) is 6.83. The molecule has 3 heterocycles. The average Bonchev–Trinajstić information content (AvgIpc) is 3.47. The Hall–Kier alpha value is -2.22. The maximum absolute atomic E-state index is 13.0. The lowest BCUT2D eigenvalue weighted by molar-refractivity contribution is 0.0687. The van der Waals surface area contributed by atoms with Gasteiger partial charge < -0.3 is 10.2 Å². The SMILES string of the molecule is CCCN(C(=O)c1csc(-c2cnn(-c3ccccc3)c2)n1)[C@H]1CCNC1.Cl. The lowest BCUT2D eigenvalue weighted by Crippen LogP contribution is -2.42.